The van der Waals surface area contributed by atoms with Gasteiger partial charge in [-0.05, 0) is 32.3 Å². The Kier molecular flexibility index (Phi) is 3.91. The molecule has 8 heteroatoms. The zero-order valence-electron chi connectivity index (χ0n) is 10.2. The van der Waals surface area contributed by atoms with E-state index in [-0.39, 0.29) is 18.3 Å². The molecule has 0 N–H and O–H groups in total. The molecule has 2 aromatic rings. The number of hydrogen-bond donors (Lipinski definition) is 0. The number of nitrogens with zero attached hydrogens (tertiary/aromatic N) is 4. The summed E-state index contributed by atoms with van der Waals surface area (Å²) in [6, 6.07) is 1.95. The number of rotatable bonds is 5. The maximum atomic E-state index is 11.9. The predicted octanol–water partition coefficient (Wildman–Crippen LogP) is 1.51. The summed E-state index contributed by atoms with van der Waals surface area (Å²) in [5.41, 5.74) is 1.07. The van der Waals surface area contributed by atoms with Crippen molar-refractivity contribution in [2.75, 3.05) is 7.05 Å². The highest BCUT2D eigenvalue weighted by molar-refractivity contribution is 7.07. The Morgan fingerprint density at radius 3 is 3.00 bits per heavy atom. The predicted molar refractivity (Wildman–Crippen MR) is 69.7 cm³/mol. The van der Waals surface area contributed by atoms with Crippen molar-refractivity contribution >= 4 is 23.1 Å². The third kappa shape index (κ3) is 3.38. The molecule has 100 valence electrons. The van der Waals surface area contributed by atoms with Gasteiger partial charge in [0.25, 0.3) is 0 Å². The summed E-state index contributed by atoms with van der Waals surface area (Å²) in [6.45, 7) is 0.570. The Bertz CT molecular complexity index is 579. The molecule has 2 heterocycles. The highest BCUT2D eigenvalue weighted by Crippen LogP contribution is 2.10. The molecule has 0 saturated heterocycles. The van der Waals surface area contributed by atoms with E-state index in [1.54, 1.807) is 23.3 Å². The molecule has 0 saturated carbocycles. The molecule has 7 nitrogen and oxygen atoms in total. The first-order chi connectivity index (χ1) is 9.06. The summed E-state index contributed by atoms with van der Waals surface area (Å²) < 4.78 is 1.41. The van der Waals surface area contributed by atoms with E-state index in [0.717, 1.165) is 5.56 Å². The molecule has 2 aromatic heterocycles. The first kappa shape index (κ1) is 13.2. The van der Waals surface area contributed by atoms with E-state index >= 15 is 0 Å². The number of carbonyl (C=O) groups is 1. The second kappa shape index (κ2) is 5.61. The number of likely N-dealkylation sites (N-methyl/N-ethyl adjacent to an activating group) is 1. The van der Waals surface area contributed by atoms with E-state index in [4.69, 9.17) is 0 Å². The van der Waals surface area contributed by atoms with Crippen molar-refractivity contribution in [2.45, 2.75) is 13.1 Å². The summed E-state index contributed by atoms with van der Waals surface area (Å²) >= 11 is 1.58. The monoisotopic (exact) mass is 280 g/mol. The van der Waals surface area contributed by atoms with Gasteiger partial charge in [-0.1, -0.05) is 0 Å². The maximum Gasteiger partial charge on any atom is 0.381 e. The Morgan fingerprint density at radius 2 is 2.42 bits per heavy atom. The van der Waals surface area contributed by atoms with Crippen molar-refractivity contribution in [1.82, 2.24) is 14.5 Å². The summed E-state index contributed by atoms with van der Waals surface area (Å²) in [7, 11) is 1.70. The summed E-state index contributed by atoms with van der Waals surface area (Å²) in [4.78, 5) is 27.0. The molecule has 19 heavy (non-hydrogen) atoms. The molecule has 0 aliphatic carbocycles. The Hall–Kier alpha value is -2.22. The van der Waals surface area contributed by atoms with Gasteiger partial charge in [-0.15, -0.1) is 0 Å². The minimum Gasteiger partial charge on any atom is -0.358 e. The van der Waals surface area contributed by atoms with Crippen molar-refractivity contribution in [3.8, 4) is 0 Å². The number of hydrogen-bond acceptors (Lipinski definition) is 5. The third-order valence-electron chi connectivity index (χ3n) is 2.55. The molecule has 0 aromatic carbocycles. The van der Waals surface area contributed by atoms with Crippen molar-refractivity contribution in [1.29, 1.82) is 0 Å². The lowest BCUT2D eigenvalue weighted by molar-refractivity contribution is -0.389. The van der Waals surface area contributed by atoms with Crippen LogP contribution in [0, 0.1) is 10.1 Å². The van der Waals surface area contributed by atoms with Gasteiger partial charge >= 0.3 is 5.82 Å². The van der Waals surface area contributed by atoms with Gasteiger partial charge in [0.2, 0.25) is 12.2 Å². The van der Waals surface area contributed by atoms with Crippen LogP contribution in [-0.4, -0.2) is 32.3 Å². The van der Waals surface area contributed by atoms with Crippen LogP contribution < -0.4 is 0 Å². The van der Waals surface area contributed by atoms with E-state index in [1.807, 2.05) is 16.8 Å². The van der Waals surface area contributed by atoms with Crippen molar-refractivity contribution in [3.63, 3.8) is 0 Å². The molecule has 0 spiro atoms. The fraction of sp³-hybridized carbons (Fsp3) is 0.273. The molecule has 0 atom stereocenters. The van der Waals surface area contributed by atoms with Crippen molar-refractivity contribution in [2.24, 2.45) is 0 Å². The first-order valence-electron chi connectivity index (χ1n) is 5.47. The van der Waals surface area contributed by atoms with Crippen LogP contribution in [0.3, 0.4) is 0 Å². The lowest BCUT2D eigenvalue weighted by atomic mass is 10.3. The van der Waals surface area contributed by atoms with Gasteiger partial charge in [-0.25, -0.2) is 0 Å². The quantitative estimate of drug-likeness (QED) is 0.614. The van der Waals surface area contributed by atoms with Gasteiger partial charge in [-0.2, -0.15) is 11.3 Å². The highest BCUT2D eigenvalue weighted by atomic mass is 32.1. The lowest BCUT2D eigenvalue weighted by Crippen LogP contribution is -2.29. The maximum absolute atomic E-state index is 11.9. The van der Waals surface area contributed by atoms with Gasteiger partial charge in [0.15, 0.2) is 0 Å². The number of carbonyl (C=O) groups excluding carboxylic acids is 1. The molecule has 2 rings (SSSR count). The Morgan fingerprint density at radius 1 is 1.63 bits per heavy atom. The number of imidazole rings is 1. The van der Waals surface area contributed by atoms with Crippen molar-refractivity contribution < 1.29 is 9.72 Å². The number of amides is 1. The fourth-order valence-corrected chi connectivity index (χ4v) is 2.21. The van der Waals surface area contributed by atoms with Gasteiger partial charge in [0.1, 0.15) is 12.7 Å². The molecule has 0 unspecified atom stereocenters. The van der Waals surface area contributed by atoms with Gasteiger partial charge in [0.05, 0.1) is 0 Å². The third-order valence-corrected chi connectivity index (χ3v) is 3.28. The average Bonchev–Trinajstić information content (AvgIpc) is 2.99. The SMILES string of the molecule is CN(Cc1ccsc1)C(=O)Cn1cnc([N+](=O)[O-])c1. The van der Waals surface area contributed by atoms with Crippen LogP contribution in [0.5, 0.6) is 0 Å². The largest absolute Gasteiger partial charge is 0.381 e. The van der Waals surface area contributed by atoms with E-state index in [1.165, 1.54) is 17.1 Å². The average molecular weight is 280 g/mol. The zero-order chi connectivity index (χ0) is 13.8. The van der Waals surface area contributed by atoms with Crippen LogP contribution in [0.1, 0.15) is 5.56 Å². The van der Waals surface area contributed by atoms with Crippen LogP contribution in [0.25, 0.3) is 0 Å². The number of thiophene rings is 1. The van der Waals surface area contributed by atoms with Crippen LogP contribution in [0.15, 0.2) is 29.4 Å². The lowest BCUT2D eigenvalue weighted by Gasteiger charge is -2.16. The molecular weight excluding hydrogens is 268 g/mol. The molecule has 0 aliphatic heterocycles. The number of nitro groups is 1. The van der Waals surface area contributed by atoms with Crippen LogP contribution in [0.2, 0.25) is 0 Å². The van der Waals surface area contributed by atoms with Gasteiger partial charge < -0.3 is 19.6 Å². The van der Waals surface area contributed by atoms with E-state index in [9.17, 15) is 14.9 Å². The summed E-state index contributed by atoms with van der Waals surface area (Å²) in [5, 5.41) is 14.4. The second-order valence-corrected chi connectivity index (χ2v) is 4.82. The molecule has 0 fully saturated rings. The van der Waals surface area contributed by atoms with Crippen LogP contribution in [-0.2, 0) is 17.9 Å². The normalized spacial score (nSPS) is 10.4. The summed E-state index contributed by atoms with van der Waals surface area (Å²) in [6.07, 6.45) is 2.53. The Labute approximate surface area is 113 Å². The topological polar surface area (TPSA) is 81.3 Å². The second-order valence-electron chi connectivity index (χ2n) is 4.04. The number of aromatic nitrogens is 2. The van der Waals surface area contributed by atoms with Crippen LogP contribution in [0.4, 0.5) is 5.82 Å². The van der Waals surface area contributed by atoms with E-state index < -0.39 is 4.92 Å². The molecule has 0 radical (unpaired) electrons. The van der Waals surface area contributed by atoms with E-state index in [2.05, 4.69) is 4.98 Å². The standard InChI is InChI=1S/C11H12N4O3S/c1-13(4-9-2-3-19-7-9)11(16)6-14-5-10(12-8-14)15(17)18/h2-3,5,7-8H,4,6H2,1H3. The van der Waals surface area contributed by atoms with E-state index in [0.29, 0.717) is 6.54 Å². The molecular formula is C11H12N4O3S. The molecule has 0 aliphatic rings. The molecule has 0 bridgehead atoms. The molecule has 1 amide bonds. The fourth-order valence-electron chi connectivity index (χ4n) is 1.55. The summed E-state index contributed by atoms with van der Waals surface area (Å²) in [5.74, 6) is -0.383. The highest BCUT2D eigenvalue weighted by Gasteiger charge is 2.14. The Balaban J connectivity index is 1.94. The van der Waals surface area contributed by atoms with Crippen LogP contribution >= 0.6 is 11.3 Å². The minimum atomic E-state index is -0.587. The van der Waals surface area contributed by atoms with Crippen molar-refractivity contribution in [3.05, 3.63) is 45.0 Å². The smallest absolute Gasteiger partial charge is 0.358 e. The van der Waals surface area contributed by atoms with Gasteiger partial charge in [0, 0.05) is 13.6 Å². The minimum absolute atomic E-state index is 0.0431. The first-order valence-corrected chi connectivity index (χ1v) is 6.42. The van der Waals surface area contributed by atoms with Gasteiger partial charge in [-0.3, -0.25) is 4.79 Å². The zero-order valence-corrected chi connectivity index (χ0v) is 11.0.